The lowest BCUT2D eigenvalue weighted by Gasteiger charge is -2.54. The summed E-state index contributed by atoms with van der Waals surface area (Å²) >= 11 is 0. The van der Waals surface area contributed by atoms with Crippen molar-refractivity contribution in [3.8, 4) is 6.07 Å². The fraction of sp³-hybridized carbons (Fsp3) is 0.741. The van der Waals surface area contributed by atoms with E-state index in [4.69, 9.17) is 5.26 Å². The summed E-state index contributed by atoms with van der Waals surface area (Å²) in [5.41, 5.74) is 2.38. The Morgan fingerprint density at radius 2 is 1.38 bits per heavy atom. The zero-order valence-corrected chi connectivity index (χ0v) is 18.6. The fourth-order valence-electron chi connectivity index (χ4n) is 5.94. The summed E-state index contributed by atoms with van der Waals surface area (Å²) in [7, 11) is 0. The van der Waals surface area contributed by atoms with Gasteiger partial charge in [0.2, 0.25) is 0 Å². The van der Waals surface area contributed by atoms with E-state index < -0.39 is 0 Å². The van der Waals surface area contributed by atoms with E-state index in [2.05, 4.69) is 6.92 Å². The number of halogens is 1. The maximum Gasteiger partial charge on any atom is 0.141 e. The summed E-state index contributed by atoms with van der Waals surface area (Å²) < 4.78 is 13.9. The van der Waals surface area contributed by atoms with Crippen LogP contribution < -0.4 is 0 Å². The molecule has 1 aromatic carbocycles. The van der Waals surface area contributed by atoms with E-state index in [-0.39, 0.29) is 11.4 Å². The standard InChI is InChI=1S/C27H40FN/c1-2-3-4-5-6-7-8-9-13-26-15-18-27(19-16-26,20-17-26)14-12-23-10-11-24(22-29)25(28)21-23/h10-11,21H,2-9,12-20H2,1H3. The third kappa shape index (κ3) is 6.07. The van der Waals surface area contributed by atoms with Gasteiger partial charge in [0.25, 0.3) is 0 Å². The van der Waals surface area contributed by atoms with Crippen molar-refractivity contribution >= 4 is 0 Å². The average Bonchev–Trinajstić information content (AvgIpc) is 2.76. The maximum atomic E-state index is 13.9. The van der Waals surface area contributed by atoms with Crippen LogP contribution in [0.25, 0.3) is 0 Å². The zero-order valence-electron chi connectivity index (χ0n) is 18.6. The molecule has 0 heterocycles. The number of nitrogens with zero attached hydrogens (tertiary/aromatic N) is 1. The number of fused-ring (bicyclic) bond motifs is 3. The van der Waals surface area contributed by atoms with Gasteiger partial charge >= 0.3 is 0 Å². The molecule has 0 N–H and O–H groups in total. The predicted molar refractivity (Wildman–Crippen MR) is 119 cm³/mol. The Bertz CT molecular complexity index is 662. The van der Waals surface area contributed by atoms with Gasteiger partial charge in [-0.15, -0.1) is 0 Å². The highest BCUT2D eigenvalue weighted by molar-refractivity contribution is 5.33. The van der Waals surface area contributed by atoms with Crippen LogP contribution in [0.2, 0.25) is 0 Å². The monoisotopic (exact) mass is 397 g/mol. The first kappa shape index (κ1) is 22.3. The number of hydrogen-bond donors (Lipinski definition) is 0. The minimum Gasteiger partial charge on any atom is -0.206 e. The Morgan fingerprint density at radius 3 is 1.93 bits per heavy atom. The first-order chi connectivity index (χ1) is 14.1. The number of hydrogen-bond acceptors (Lipinski definition) is 1. The molecule has 0 saturated heterocycles. The van der Waals surface area contributed by atoms with Crippen molar-refractivity contribution in [3.63, 3.8) is 0 Å². The lowest BCUT2D eigenvalue weighted by molar-refractivity contribution is -0.0205. The quantitative estimate of drug-likeness (QED) is 0.324. The van der Waals surface area contributed by atoms with Crippen LogP contribution in [0.1, 0.15) is 121 Å². The lowest BCUT2D eigenvalue weighted by atomic mass is 9.51. The van der Waals surface area contributed by atoms with Crippen molar-refractivity contribution in [2.45, 2.75) is 116 Å². The molecular weight excluding hydrogens is 357 g/mol. The number of rotatable bonds is 12. The summed E-state index contributed by atoms with van der Waals surface area (Å²) in [6.07, 6.45) is 23.3. The summed E-state index contributed by atoms with van der Waals surface area (Å²) in [5, 5.41) is 8.90. The van der Waals surface area contributed by atoms with Crippen LogP contribution in [0.3, 0.4) is 0 Å². The van der Waals surface area contributed by atoms with Crippen molar-refractivity contribution < 1.29 is 4.39 Å². The molecule has 1 nitrogen and oxygen atoms in total. The third-order valence-corrected chi connectivity index (χ3v) is 8.22. The molecule has 3 aliphatic rings. The highest BCUT2D eigenvalue weighted by atomic mass is 19.1. The second kappa shape index (κ2) is 10.6. The average molecular weight is 398 g/mol. The second-order valence-electron chi connectivity index (χ2n) is 10.2. The lowest BCUT2D eigenvalue weighted by Crippen LogP contribution is -2.41. The molecule has 1 aromatic rings. The minimum atomic E-state index is -0.362. The van der Waals surface area contributed by atoms with Crippen LogP contribution in [-0.4, -0.2) is 0 Å². The van der Waals surface area contributed by atoms with E-state index >= 15 is 0 Å². The van der Waals surface area contributed by atoms with Gasteiger partial charge in [-0.05, 0) is 86.3 Å². The van der Waals surface area contributed by atoms with Crippen molar-refractivity contribution in [1.29, 1.82) is 5.26 Å². The van der Waals surface area contributed by atoms with E-state index in [0.717, 1.165) is 12.0 Å². The van der Waals surface area contributed by atoms with Crippen LogP contribution in [0.5, 0.6) is 0 Å². The summed E-state index contributed by atoms with van der Waals surface area (Å²) in [6, 6.07) is 7.07. The Morgan fingerprint density at radius 1 is 0.828 bits per heavy atom. The number of nitriles is 1. The maximum absolute atomic E-state index is 13.9. The van der Waals surface area contributed by atoms with Gasteiger partial charge in [0.15, 0.2) is 0 Å². The summed E-state index contributed by atoms with van der Waals surface area (Å²) in [5.74, 6) is -0.362. The van der Waals surface area contributed by atoms with Crippen molar-refractivity contribution in [3.05, 3.63) is 35.1 Å². The SMILES string of the molecule is CCCCCCCCCCC12CCC(CCc3ccc(C#N)c(F)c3)(CC1)CC2. The molecule has 0 amide bonds. The molecule has 2 bridgehead atoms. The smallest absolute Gasteiger partial charge is 0.141 e. The summed E-state index contributed by atoms with van der Waals surface area (Å²) in [4.78, 5) is 0. The van der Waals surface area contributed by atoms with Crippen LogP contribution in [0.15, 0.2) is 18.2 Å². The zero-order chi connectivity index (χ0) is 20.6. The first-order valence-corrected chi connectivity index (χ1v) is 12.3. The second-order valence-corrected chi connectivity index (χ2v) is 10.2. The van der Waals surface area contributed by atoms with Crippen LogP contribution in [0.4, 0.5) is 4.39 Å². The molecule has 29 heavy (non-hydrogen) atoms. The Balaban J connectivity index is 1.37. The normalized spacial score (nSPS) is 25.8. The molecule has 0 aliphatic heterocycles. The highest BCUT2D eigenvalue weighted by Gasteiger charge is 2.47. The van der Waals surface area contributed by atoms with Gasteiger partial charge in [-0.25, -0.2) is 4.39 Å². The summed E-state index contributed by atoms with van der Waals surface area (Å²) in [6.45, 7) is 2.29. The topological polar surface area (TPSA) is 23.8 Å². The van der Waals surface area contributed by atoms with Gasteiger partial charge in [0.1, 0.15) is 11.9 Å². The van der Waals surface area contributed by atoms with Gasteiger partial charge < -0.3 is 0 Å². The van der Waals surface area contributed by atoms with Crippen LogP contribution >= 0.6 is 0 Å². The largest absolute Gasteiger partial charge is 0.206 e. The number of benzene rings is 1. The van der Waals surface area contributed by atoms with Gasteiger partial charge in [0, 0.05) is 0 Å². The van der Waals surface area contributed by atoms with E-state index in [0.29, 0.717) is 10.8 Å². The van der Waals surface area contributed by atoms with Crippen molar-refractivity contribution in [2.75, 3.05) is 0 Å². The van der Waals surface area contributed by atoms with E-state index in [9.17, 15) is 4.39 Å². The van der Waals surface area contributed by atoms with Crippen LogP contribution in [-0.2, 0) is 6.42 Å². The molecule has 0 atom stereocenters. The van der Waals surface area contributed by atoms with Crippen molar-refractivity contribution in [1.82, 2.24) is 0 Å². The molecule has 2 heteroatoms. The van der Waals surface area contributed by atoms with Gasteiger partial charge in [-0.2, -0.15) is 5.26 Å². The molecular formula is C27H40FN. The van der Waals surface area contributed by atoms with E-state index in [1.807, 2.05) is 12.1 Å². The Labute approximate surface area is 178 Å². The Hall–Kier alpha value is -1.36. The molecule has 0 aromatic heterocycles. The minimum absolute atomic E-state index is 0.160. The molecule has 4 rings (SSSR count). The van der Waals surface area contributed by atoms with Gasteiger partial charge in [0.05, 0.1) is 5.56 Å². The molecule has 3 saturated carbocycles. The van der Waals surface area contributed by atoms with Gasteiger partial charge in [-0.3, -0.25) is 0 Å². The van der Waals surface area contributed by atoms with Crippen LogP contribution in [0, 0.1) is 28.0 Å². The molecule has 0 spiro atoms. The number of unbranched alkanes of at least 4 members (excludes halogenated alkanes) is 7. The molecule has 3 fully saturated rings. The predicted octanol–water partition coefficient (Wildman–Crippen LogP) is 8.50. The molecule has 3 aliphatic carbocycles. The van der Waals surface area contributed by atoms with Gasteiger partial charge in [-0.1, -0.05) is 64.4 Å². The molecule has 0 radical (unpaired) electrons. The third-order valence-electron chi connectivity index (χ3n) is 8.22. The Kier molecular flexibility index (Phi) is 8.16. The molecule has 0 unspecified atom stereocenters. The van der Waals surface area contributed by atoms with E-state index in [1.54, 1.807) is 12.1 Å². The van der Waals surface area contributed by atoms with E-state index in [1.165, 1.54) is 103 Å². The fourth-order valence-corrected chi connectivity index (χ4v) is 5.94. The number of aryl methyl sites for hydroxylation is 1. The van der Waals surface area contributed by atoms with Crippen molar-refractivity contribution in [2.24, 2.45) is 10.8 Å². The highest BCUT2D eigenvalue weighted by Crippen LogP contribution is 2.60. The molecule has 160 valence electrons. The first-order valence-electron chi connectivity index (χ1n) is 12.3.